The van der Waals surface area contributed by atoms with Crippen molar-refractivity contribution in [2.75, 3.05) is 55.3 Å². The van der Waals surface area contributed by atoms with Gasteiger partial charge in [0.25, 0.3) is 5.56 Å². The number of benzene rings is 2. The number of halogens is 3. The van der Waals surface area contributed by atoms with E-state index in [9.17, 15) is 22.8 Å². The molecule has 1 aromatic heterocycles. The summed E-state index contributed by atoms with van der Waals surface area (Å²) in [4.78, 5) is 34.6. The van der Waals surface area contributed by atoms with Gasteiger partial charge in [-0.15, -0.1) is 0 Å². The summed E-state index contributed by atoms with van der Waals surface area (Å²) in [7, 11) is 1.74. The minimum atomic E-state index is -4.60. The van der Waals surface area contributed by atoms with Gasteiger partial charge >= 0.3 is 6.18 Å². The monoisotopic (exact) mass is 477 g/mol. The first kappa shape index (κ1) is 23.0. The summed E-state index contributed by atoms with van der Waals surface area (Å²) in [5, 5.41) is 0.274. The summed E-state index contributed by atoms with van der Waals surface area (Å²) in [6.07, 6.45) is -4.60. The third-order valence-electron chi connectivity index (χ3n) is 5.59. The molecule has 3 aromatic rings. The maximum Gasteiger partial charge on any atom is 0.416 e. The van der Waals surface area contributed by atoms with Gasteiger partial charge in [0.1, 0.15) is 0 Å². The Labute approximate surface area is 191 Å². The Kier molecular flexibility index (Phi) is 6.26. The predicted molar refractivity (Wildman–Crippen MR) is 124 cm³/mol. The summed E-state index contributed by atoms with van der Waals surface area (Å²) < 4.78 is 39.5. The number of para-hydroxylation sites is 1. The van der Waals surface area contributed by atoms with E-state index in [1.54, 1.807) is 11.9 Å². The van der Waals surface area contributed by atoms with E-state index in [1.807, 2.05) is 40.1 Å². The smallest absolute Gasteiger partial charge is 0.398 e. The highest BCUT2D eigenvalue weighted by molar-refractivity contribution is 7.22. The molecule has 4 rings (SSSR count). The van der Waals surface area contributed by atoms with Gasteiger partial charge in [0, 0.05) is 38.9 Å². The SMILES string of the molecule is CN(C(=O)CN1CCN(c2nc(=O)c3cc(C(F)(F)F)cc(N)c3s2)CC1)c1ccccc1. The first-order valence-corrected chi connectivity index (χ1v) is 11.1. The number of likely N-dealkylation sites (N-methyl/N-ethyl adjacent to an activating group) is 1. The minimum Gasteiger partial charge on any atom is -0.398 e. The van der Waals surface area contributed by atoms with Crippen LogP contribution in [0.15, 0.2) is 47.3 Å². The Hall–Kier alpha value is -3.18. The first-order chi connectivity index (χ1) is 15.6. The van der Waals surface area contributed by atoms with E-state index in [1.165, 1.54) is 0 Å². The first-order valence-electron chi connectivity index (χ1n) is 10.2. The molecular weight excluding hydrogens is 455 g/mol. The van der Waals surface area contributed by atoms with Crippen LogP contribution >= 0.6 is 11.3 Å². The lowest BCUT2D eigenvalue weighted by Crippen LogP contribution is -2.50. The van der Waals surface area contributed by atoms with Crippen LogP contribution in [0.2, 0.25) is 0 Å². The molecule has 2 N–H and O–H groups in total. The average Bonchev–Trinajstić information content (AvgIpc) is 2.79. The number of carbonyl (C=O) groups is 1. The molecule has 0 spiro atoms. The summed E-state index contributed by atoms with van der Waals surface area (Å²) >= 11 is 1.10. The van der Waals surface area contributed by atoms with E-state index in [4.69, 9.17) is 5.73 Å². The van der Waals surface area contributed by atoms with Crippen molar-refractivity contribution in [1.29, 1.82) is 0 Å². The highest BCUT2D eigenvalue weighted by atomic mass is 32.1. The number of carbonyl (C=O) groups excluding carboxylic acids is 1. The van der Waals surface area contributed by atoms with Gasteiger partial charge < -0.3 is 15.5 Å². The Bertz CT molecular complexity index is 1220. The molecule has 0 radical (unpaired) electrons. The van der Waals surface area contributed by atoms with Crippen molar-refractivity contribution in [3.8, 4) is 0 Å². The lowest BCUT2D eigenvalue weighted by Gasteiger charge is -2.35. The van der Waals surface area contributed by atoms with Crippen molar-refractivity contribution in [3.05, 3.63) is 58.4 Å². The van der Waals surface area contributed by atoms with Gasteiger partial charge in [-0.1, -0.05) is 29.5 Å². The van der Waals surface area contributed by atoms with E-state index < -0.39 is 17.3 Å². The average molecular weight is 478 g/mol. The molecule has 1 amide bonds. The van der Waals surface area contributed by atoms with Gasteiger partial charge in [-0.05, 0) is 24.3 Å². The number of nitrogens with zero attached hydrogens (tertiary/aromatic N) is 4. The lowest BCUT2D eigenvalue weighted by molar-refractivity contribution is -0.137. The van der Waals surface area contributed by atoms with Crippen LogP contribution in [0.25, 0.3) is 10.1 Å². The molecule has 0 aliphatic carbocycles. The van der Waals surface area contributed by atoms with Crippen LogP contribution in [-0.4, -0.2) is 55.6 Å². The van der Waals surface area contributed by atoms with Crippen LogP contribution in [0, 0.1) is 0 Å². The second-order valence-corrected chi connectivity index (χ2v) is 8.77. The van der Waals surface area contributed by atoms with Gasteiger partial charge in [-0.25, -0.2) is 0 Å². The molecule has 0 bridgehead atoms. The molecule has 2 heterocycles. The van der Waals surface area contributed by atoms with Crippen molar-refractivity contribution in [2.24, 2.45) is 0 Å². The van der Waals surface area contributed by atoms with Gasteiger partial charge in [-0.3, -0.25) is 14.5 Å². The zero-order valence-electron chi connectivity index (χ0n) is 17.8. The van der Waals surface area contributed by atoms with Crippen LogP contribution in [0.1, 0.15) is 5.56 Å². The van der Waals surface area contributed by atoms with E-state index in [-0.39, 0.29) is 23.5 Å². The summed E-state index contributed by atoms with van der Waals surface area (Å²) in [5.74, 6) is -0.0311. The largest absolute Gasteiger partial charge is 0.416 e. The number of aromatic nitrogens is 1. The van der Waals surface area contributed by atoms with Gasteiger partial charge in [-0.2, -0.15) is 18.2 Å². The highest BCUT2D eigenvalue weighted by Gasteiger charge is 2.32. The highest BCUT2D eigenvalue weighted by Crippen LogP contribution is 2.36. The number of fused-ring (bicyclic) bond motifs is 1. The number of nitrogens with two attached hydrogens (primary N) is 1. The van der Waals surface area contributed by atoms with Crippen molar-refractivity contribution in [1.82, 2.24) is 9.88 Å². The van der Waals surface area contributed by atoms with Crippen LogP contribution in [0.5, 0.6) is 0 Å². The topological polar surface area (TPSA) is 82.8 Å². The van der Waals surface area contributed by atoms with E-state index in [0.717, 1.165) is 29.2 Å². The van der Waals surface area contributed by atoms with Crippen LogP contribution < -0.4 is 21.1 Å². The maximum absolute atomic E-state index is 13.1. The molecule has 1 saturated heterocycles. The van der Waals surface area contributed by atoms with Crippen molar-refractivity contribution in [2.45, 2.75) is 6.18 Å². The van der Waals surface area contributed by atoms with E-state index in [2.05, 4.69) is 4.98 Å². The molecule has 0 atom stereocenters. The number of anilines is 3. The number of hydrogen-bond acceptors (Lipinski definition) is 7. The van der Waals surface area contributed by atoms with E-state index in [0.29, 0.717) is 36.0 Å². The Morgan fingerprint density at radius 1 is 1.15 bits per heavy atom. The normalized spacial score (nSPS) is 15.1. The number of alkyl halides is 3. The Balaban J connectivity index is 1.45. The third-order valence-corrected chi connectivity index (χ3v) is 6.78. The zero-order chi connectivity index (χ0) is 23.8. The fraction of sp³-hybridized carbons (Fsp3) is 0.318. The van der Waals surface area contributed by atoms with Crippen molar-refractivity contribution < 1.29 is 18.0 Å². The number of piperazine rings is 1. The zero-order valence-corrected chi connectivity index (χ0v) is 18.6. The molecule has 1 aliphatic heterocycles. The van der Waals surface area contributed by atoms with Crippen molar-refractivity contribution in [3.63, 3.8) is 0 Å². The number of nitrogen functional groups attached to an aromatic ring is 1. The maximum atomic E-state index is 13.1. The molecule has 1 fully saturated rings. The molecule has 1 aliphatic rings. The molecular formula is C22H22F3N5O2S. The fourth-order valence-corrected chi connectivity index (χ4v) is 4.73. The van der Waals surface area contributed by atoms with Crippen LogP contribution in [-0.2, 0) is 11.0 Å². The quantitative estimate of drug-likeness (QED) is 0.582. The molecule has 7 nitrogen and oxygen atoms in total. The van der Waals surface area contributed by atoms with Gasteiger partial charge in [0.05, 0.1) is 27.9 Å². The number of hydrogen-bond donors (Lipinski definition) is 1. The molecule has 0 unspecified atom stereocenters. The second-order valence-electron chi connectivity index (χ2n) is 7.79. The van der Waals surface area contributed by atoms with Crippen LogP contribution in [0.3, 0.4) is 0 Å². The summed E-state index contributed by atoms with van der Waals surface area (Å²) in [6, 6.07) is 11.0. The van der Waals surface area contributed by atoms with Gasteiger partial charge in [0.15, 0.2) is 5.13 Å². The second kappa shape index (κ2) is 8.99. The Morgan fingerprint density at radius 2 is 1.82 bits per heavy atom. The number of rotatable bonds is 4. The fourth-order valence-electron chi connectivity index (χ4n) is 3.67. The molecule has 11 heteroatoms. The number of amides is 1. The molecule has 33 heavy (non-hydrogen) atoms. The summed E-state index contributed by atoms with van der Waals surface area (Å²) in [5.41, 5.74) is 4.86. The van der Waals surface area contributed by atoms with Crippen molar-refractivity contribution >= 4 is 43.8 Å². The molecule has 0 saturated carbocycles. The third kappa shape index (κ3) is 4.93. The lowest BCUT2D eigenvalue weighted by atomic mass is 10.1. The van der Waals surface area contributed by atoms with E-state index >= 15 is 0 Å². The predicted octanol–water partition coefficient (Wildman–Crippen LogP) is 3.04. The van der Waals surface area contributed by atoms with Crippen LogP contribution in [0.4, 0.5) is 29.7 Å². The van der Waals surface area contributed by atoms with Gasteiger partial charge in [0.2, 0.25) is 5.91 Å². The molecule has 2 aromatic carbocycles. The summed E-state index contributed by atoms with van der Waals surface area (Å²) in [6.45, 7) is 2.47. The standard InChI is InChI=1S/C22H22F3N5O2S/c1-28(15-5-3-2-4-6-15)18(31)13-29-7-9-30(10-8-29)21-27-20(32)16-11-14(22(23,24)25)12-17(26)19(16)33-21/h2-6,11-12H,7-10,13,26H2,1H3. The molecule has 174 valence electrons. The minimum absolute atomic E-state index is 0.0311. The Morgan fingerprint density at radius 3 is 2.45 bits per heavy atom.